The number of halogens is 2. The van der Waals surface area contributed by atoms with E-state index in [1.807, 2.05) is 18.2 Å². The number of rotatable bonds is 15. The standard InChI is InChI=1S/C46H48ClFN4O4/c1-30-38(6-4-9-43(30)54-19-5-16-52-17-14-35(48)15-18-52)39-7-3-8-41-40(39)12-13-44(41)56-46-25-45(55-29-33-20-32(26-49)21-36(22-33)50-2)34(24-42(46)47)28-51-27-31-10-11-37(53)23-31/h3-4,6-9,20-22,24-25,31,35,44,51H,5,10-19,23,27-29H2,1H3/t31-,44+/m1/s1. The summed E-state index contributed by atoms with van der Waals surface area (Å²) in [5.74, 6) is 2.62. The molecule has 2 aliphatic carbocycles. The minimum absolute atomic E-state index is 0.153. The number of hydrogen-bond acceptors (Lipinski definition) is 7. The van der Waals surface area contributed by atoms with Gasteiger partial charge < -0.3 is 24.4 Å². The van der Waals surface area contributed by atoms with E-state index in [1.54, 1.807) is 18.2 Å². The molecule has 2 fully saturated rings. The zero-order chi connectivity index (χ0) is 39.0. The molecule has 0 aromatic heterocycles. The lowest BCUT2D eigenvalue weighted by molar-refractivity contribution is -0.117. The highest BCUT2D eigenvalue weighted by Crippen LogP contribution is 2.44. The number of carbonyl (C=O) groups excluding carboxylic acids is 1. The van der Waals surface area contributed by atoms with Crippen LogP contribution in [-0.2, 0) is 24.4 Å². The second-order valence-corrected chi connectivity index (χ2v) is 15.6. The highest BCUT2D eigenvalue weighted by atomic mass is 35.5. The summed E-state index contributed by atoms with van der Waals surface area (Å²) < 4.78 is 32.9. The van der Waals surface area contributed by atoms with Crippen LogP contribution in [0.15, 0.2) is 66.7 Å². The summed E-state index contributed by atoms with van der Waals surface area (Å²) in [6.45, 7) is 14.1. The highest BCUT2D eigenvalue weighted by Gasteiger charge is 2.29. The van der Waals surface area contributed by atoms with Gasteiger partial charge >= 0.3 is 0 Å². The van der Waals surface area contributed by atoms with Crippen molar-refractivity contribution in [3.05, 3.63) is 117 Å². The summed E-state index contributed by atoms with van der Waals surface area (Å²) in [7, 11) is 0. The van der Waals surface area contributed by atoms with Gasteiger partial charge in [-0.3, -0.25) is 4.79 Å². The molecule has 1 saturated carbocycles. The molecule has 10 heteroatoms. The molecule has 8 nitrogen and oxygen atoms in total. The van der Waals surface area contributed by atoms with Crippen LogP contribution < -0.4 is 19.5 Å². The molecule has 1 aliphatic heterocycles. The fourth-order valence-electron chi connectivity index (χ4n) is 8.26. The normalized spacial score (nSPS) is 18.3. The summed E-state index contributed by atoms with van der Waals surface area (Å²) in [6.07, 6.45) is 5.06. The van der Waals surface area contributed by atoms with Crippen molar-refractivity contribution in [2.75, 3.05) is 32.8 Å². The Labute approximate surface area is 334 Å². The number of alkyl halides is 1. The quantitative estimate of drug-likeness (QED) is 0.0951. The number of carbonyl (C=O) groups is 1. The van der Waals surface area contributed by atoms with Gasteiger partial charge in [-0.05, 0) is 122 Å². The van der Waals surface area contributed by atoms with Gasteiger partial charge in [-0.2, -0.15) is 5.26 Å². The maximum absolute atomic E-state index is 13.5. The van der Waals surface area contributed by atoms with Gasteiger partial charge in [-0.15, -0.1) is 0 Å². The predicted octanol–water partition coefficient (Wildman–Crippen LogP) is 10.0. The van der Waals surface area contributed by atoms with Crippen LogP contribution in [-0.4, -0.2) is 49.6 Å². The lowest BCUT2D eigenvalue weighted by Crippen LogP contribution is -2.35. The largest absolute Gasteiger partial charge is 0.493 e. The number of ether oxygens (including phenoxy) is 3. The van der Waals surface area contributed by atoms with E-state index in [4.69, 9.17) is 32.4 Å². The molecular weight excluding hydrogens is 727 g/mol. The number of fused-ring (bicyclic) bond motifs is 1. The smallest absolute Gasteiger partial charge is 0.188 e. The Morgan fingerprint density at radius 3 is 2.59 bits per heavy atom. The third-order valence-electron chi connectivity index (χ3n) is 11.3. The number of piperidine rings is 1. The average molecular weight is 775 g/mol. The molecule has 290 valence electrons. The minimum Gasteiger partial charge on any atom is -0.493 e. The van der Waals surface area contributed by atoms with Crippen LogP contribution in [0.1, 0.15) is 84.4 Å². The molecule has 1 N–H and O–H groups in total. The van der Waals surface area contributed by atoms with Crippen LogP contribution in [0.5, 0.6) is 17.2 Å². The van der Waals surface area contributed by atoms with Crippen molar-refractivity contribution in [1.82, 2.24) is 10.2 Å². The molecule has 56 heavy (non-hydrogen) atoms. The lowest BCUT2D eigenvalue weighted by atomic mass is 9.93. The number of ketones is 1. The van der Waals surface area contributed by atoms with Gasteiger partial charge in [0.25, 0.3) is 0 Å². The van der Waals surface area contributed by atoms with E-state index in [-0.39, 0.29) is 12.7 Å². The van der Waals surface area contributed by atoms with Gasteiger partial charge in [0.2, 0.25) is 0 Å². The Kier molecular flexibility index (Phi) is 12.9. The van der Waals surface area contributed by atoms with Gasteiger partial charge in [0.1, 0.15) is 41.9 Å². The first kappa shape index (κ1) is 39.3. The molecule has 0 spiro atoms. The molecule has 3 aliphatic rings. The van der Waals surface area contributed by atoms with E-state index >= 15 is 0 Å². The third-order valence-corrected chi connectivity index (χ3v) is 11.6. The van der Waals surface area contributed by atoms with Crippen molar-refractivity contribution in [1.29, 1.82) is 5.26 Å². The molecule has 0 unspecified atom stereocenters. The molecule has 1 saturated heterocycles. The summed E-state index contributed by atoms with van der Waals surface area (Å²) in [5, 5.41) is 13.5. The van der Waals surface area contributed by atoms with Gasteiger partial charge in [0, 0.05) is 56.2 Å². The van der Waals surface area contributed by atoms with Gasteiger partial charge in [0.15, 0.2) is 5.69 Å². The first-order chi connectivity index (χ1) is 27.3. The van der Waals surface area contributed by atoms with Crippen LogP contribution >= 0.6 is 11.6 Å². The Bertz CT molecular complexity index is 2100. The predicted molar refractivity (Wildman–Crippen MR) is 216 cm³/mol. The van der Waals surface area contributed by atoms with E-state index in [1.165, 1.54) is 11.1 Å². The number of nitrogens with zero attached hydrogens (tertiary/aromatic N) is 3. The topological polar surface area (TPSA) is 88.2 Å². The molecule has 1 heterocycles. The molecule has 7 rings (SSSR count). The van der Waals surface area contributed by atoms with Crippen molar-refractivity contribution in [3.8, 4) is 34.4 Å². The van der Waals surface area contributed by atoms with E-state index in [0.29, 0.717) is 83.9 Å². The van der Waals surface area contributed by atoms with E-state index < -0.39 is 6.17 Å². The van der Waals surface area contributed by atoms with Gasteiger partial charge in [-0.25, -0.2) is 9.24 Å². The number of nitrogens with one attached hydrogen (secondary N) is 1. The summed E-state index contributed by atoms with van der Waals surface area (Å²) in [4.78, 5) is 17.7. The maximum atomic E-state index is 13.5. The Balaban J connectivity index is 1.07. The molecule has 4 aromatic rings. The van der Waals surface area contributed by atoms with Crippen molar-refractivity contribution in [3.63, 3.8) is 0 Å². The highest BCUT2D eigenvalue weighted by molar-refractivity contribution is 6.32. The average Bonchev–Trinajstić information content (AvgIpc) is 3.83. The minimum atomic E-state index is -0.659. The first-order valence-electron chi connectivity index (χ1n) is 19.7. The molecule has 0 radical (unpaired) electrons. The zero-order valence-electron chi connectivity index (χ0n) is 31.9. The van der Waals surface area contributed by atoms with Crippen molar-refractivity contribution in [2.45, 2.75) is 83.7 Å². The fourth-order valence-corrected chi connectivity index (χ4v) is 8.50. The second kappa shape index (κ2) is 18.3. The van der Waals surface area contributed by atoms with Crippen LogP contribution in [0.25, 0.3) is 16.0 Å². The number of benzene rings is 4. The molecule has 0 amide bonds. The monoisotopic (exact) mass is 774 g/mol. The Morgan fingerprint density at radius 2 is 1.80 bits per heavy atom. The van der Waals surface area contributed by atoms with Crippen molar-refractivity contribution >= 4 is 23.1 Å². The lowest BCUT2D eigenvalue weighted by Gasteiger charge is -2.28. The molecular formula is C46H48ClFN4O4. The second-order valence-electron chi connectivity index (χ2n) is 15.2. The molecule has 2 atom stereocenters. The fraction of sp³-hybridized carbons (Fsp3) is 0.413. The Hall–Kier alpha value is -4.93. The SMILES string of the molecule is [C-]#[N+]c1cc(C#N)cc(COc2cc(O[C@H]3CCc4c(-c5cccc(OCCCN6CCC(F)CC6)c5C)cccc43)c(Cl)cc2CNC[C@@H]2CCC(=O)C2)c1. The summed E-state index contributed by atoms with van der Waals surface area (Å²) >= 11 is 6.94. The Morgan fingerprint density at radius 1 is 0.982 bits per heavy atom. The number of nitriles is 1. The molecule has 4 aromatic carbocycles. The van der Waals surface area contributed by atoms with E-state index in [9.17, 15) is 14.4 Å². The van der Waals surface area contributed by atoms with Crippen LogP contribution in [0.2, 0.25) is 5.02 Å². The van der Waals surface area contributed by atoms with Gasteiger partial charge in [0.05, 0.1) is 24.3 Å². The maximum Gasteiger partial charge on any atom is 0.188 e. The zero-order valence-corrected chi connectivity index (χ0v) is 32.7. The van der Waals surface area contributed by atoms with Crippen LogP contribution in [0.3, 0.4) is 0 Å². The molecule has 0 bridgehead atoms. The summed E-state index contributed by atoms with van der Waals surface area (Å²) in [6, 6.07) is 23.5. The van der Waals surface area contributed by atoms with Gasteiger partial charge in [-0.1, -0.05) is 41.9 Å². The van der Waals surface area contributed by atoms with E-state index in [0.717, 1.165) is 79.9 Å². The number of hydrogen-bond donors (Lipinski definition) is 1. The number of Topliss-reactive ketones (excluding diaryl/α,β-unsaturated/α-hetero) is 1. The van der Waals surface area contributed by atoms with Crippen molar-refractivity contribution in [2.24, 2.45) is 5.92 Å². The van der Waals surface area contributed by atoms with Crippen LogP contribution in [0, 0.1) is 30.7 Å². The van der Waals surface area contributed by atoms with Crippen molar-refractivity contribution < 1.29 is 23.4 Å². The van der Waals surface area contributed by atoms with E-state index in [2.05, 4.69) is 58.4 Å². The van der Waals surface area contributed by atoms with Crippen LogP contribution in [0.4, 0.5) is 10.1 Å². The summed E-state index contributed by atoms with van der Waals surface area (Å²) in [5.41, 5.74) is 8.13. The first-order valence-corrected chi connectivity index (χ1v) is 20.1. The number of likely N-dealkylation sites (tertiary alicyclic amines) is 1. The third kappa shape index (κ3) is 9.53.